The van der Waals surface area contributed by atoms with Gasteiger partial charge in [0.15, 0.2) is 11.5 Å². The van der Waals surface area contributed by atoms with Gasteiger partial charge in [-0.2, -0.15) is 0 Å². The van der Waals surface area contributed by atoms with E-state index in [4.69, 9.17) is 14.2 Å². The van der Waals surface area contributed by atoms with Crippen LogP contribution in [0.3, 0.4) is 0 Å². The van der Waals surface area contributed by atoms with Crippen LogP contribution in [-0.2, 0) is 10.2 Å². The molecule has 2 aromatic rings. The molecule has 6 rings (SSSR count). The van der Waals surface area contributed by atoms with Crippen molar-refractivity contribution in [2.45, 2.75) is 50.2 Å². The van der Waals surface area contributed by atoms with Gasteiger partial charge in [0.2, 0.25) is 0 Å². The van der Waals surface area contributed by atoms with E-state index < -0.39 is 0 Å². The fourth-order valence-corrected chi connectivity index (χ4v) is 6.12. The summed E-state index contributed by atoms with van der Waals surface area (Å²) >= 11 is 0. The van der Waals surface area contributed by atoms with Gasteiger partial charge in [-0.05, 0) is 55.2 Å². The van der Waals surface area contributed by atoms with Crippen molar-refractivity contribution in [3.63, 3.8) is 0 Å². The Labute approximate surface area is 189 Å². The average Bonchev–Trinajstić information content (AvgIpc) is 3.44. The van der Waals surface area contributed by atoms with E-state index in [2.05, 4.69) is 24.0 Å². The highest BCUT2D eigenvalue weighted by Gasteiger charge is 2.46. The molecule has 6 heteroatoms. The Balaban J connectivity index is 1.28. The summed E-state index contributed by atoms with van der Waals surface area (Å²) in [6, 6.07) is 14.5. The van der Waals surface area contributed by atoms with Gasteiger partial charge in [-0.15, -0.1) is 0 Å². The van der Waals surface area contributed by atoms with Gasteiger partial charge in [-0.25, -0.2) is 4.79 Å². The molecule has 4 aliphatic rings. The lowest BCUT2D eigenvalue weighted by Crippen LogP contribution is -2.49. The van der Waals surface area contributed by atoms with Gasteiger partial charge in [-0.1, -0.05) is 31.0 Å². The van der Waals surface area contributed by atoms with Gasteiger partial charge in [0.05, 0.1) is 6.54 Å². The minimum atomic E-state index is -0.249. The predicted molar refractivity (Wildman–Crippen MR) is 122 cm³/mol. The van der Waals surface area contributed by atoms with Crippen LogP contribution in [0.1, 0.15) is 49.8 Å². The SMILES string of the molecule is CC1c2cc3c(cc2C2(CCCC2)CN1CC1CN(c2ccccc2)C(=O)O1)OCCO3. The lowest BCUT2D eigenvalue weighted by atomic mass is 9.71. The molecule has 0 bridgehead atoms. The second kappa shape index (κ2) is 7.69. The Bertz CT molecular complexity index is 1020. The molecule has 1 amide bonds. The summed E-state index contributed by atoms with van der Waals surface area (Å²) in [6.45, 7) is 5.81. The Kier molecular flexibility index (Phi) is 4.79. The number of ether oxygens (including phenoxy) is 3. The number of nitrogens with zero attached hydrogens (tertiary/aromatic N) is 2. The maximum absolute atomic E-state index is 12.6. The van der Waals surface area contributed by atoms with E-state index in [1.807, 2.05) is 30.3 Å². The summed E-state index contributed by atoms with van der Waals surface area (Å²) in [5, 5.41) is 0. The number of hydrogen-bond donors (Lipinski definition) is 0. The van der Waals surface area contributed by atoms with Crippen molar-refractivity contribution in [1.82, 2.24) is 4.90 Å². The maximum atomic E-state index is 12.6. The van der Waals surface area contributed by atoms with Crippen LogP contribution < -0.4 is 14.4 Å². The number of benzene rings is 2. The highest BCUT2D eigenvalue weighted by atomic mass is 16.6. The Hall–Kier alpha value is -2.73. The Morgan fingerprint density at radius 2 is 1.75 bits per heavy atom. The molecule has 1 spiro atoms. The summed E-state index contributed by atoms with van der Waals surface area (Å²) in [5.41, 5.74) is 3.83. The van der Waals surface area contributed by atoms with E-state index in [-0.39, 0.29) is 23.7 Å². The number of rotatable bonds is 3. The third kappa shape index (κ3) is 3.24. The number of amides is 1. The van der Waals surface area contributed by atoms with Crippen molar-refractivity contribution >= 4 is 11.8 Å². The van der Waals surface area contributed by atoms with Crippen LogP contribution in [0.4, 0.5) is 10.5 Å². The number of para-hydroxylation sites is 1. The molecule has 0 N–H and O–H groups in total. The molecule has 2 aromatic carbocycles. The molecule has 32 heavy (non-hydrogen) atoms. The molecule has 2 atom stereocenters. The number of fused-ring (bicyclic) bond motifs is 3. The minimum Gasteiger partial charge on any atom is -0.486 e. The van der Waals surface area contributed by atoms with Gasteiger partial charge in [0.1, 0.15) is 19.3 Å². The average molecular weight is 435 g/mol. The summed E-state index contributed by atoms with van der Waals surface area (Å²) < 4.78 is 17.7. The first kappa shape index (κ1) is 19.9. The maximum Gasteiger partial charge on any atom is 0.414 e. The number of cyclic esters (lactones) is 1. The Morgan fingerprint density at radius 3 is 2.50 bits per heavy atom. The number of anilines is 1. The van der Waals surface area contributed by atoms with Crippen molar-refractivity contribution in [2.75, 3.05) is 37.7 Å². The van der Waals surface area contributed by atoms with E-state index in [9.17, 15) is 4.79 Å². The summed E-state index contributed by atoms with van der Waals surface area (Å²) in [5.74, 6) is 1.75. The zero-order valence-corrected chi connectivity index (χ0v) is 18.6. The molecule has 1 aliphatic carbocycles. The Morgan fingerprint density at radius 1 is 1.03 bits per heavy atom. The van der Waals surface area contributed by atoms with Crippen molar-refractivity contribution in [2.24, 2.45) is 0 Å². The predicted octanol–water partition coefficient (Wildman–Crippen LogP) is 4.67. The molecular formula is C26H30N2O4. The first-order chi connectivity index (χ1) is 15.6. The van der Waals surface area contributed by atoms with Crippen LogP contribution in [-0.4, -0.2) is 49.9 Å². The molecule has 1 saturated heterocycles. The van der Waals surface area contributed by atoms with Gasteiger partial charge in [-0.3, -0.25) is 9.80 Å². The highest BCUT2D eigenvalue weighted by molar-refractivity contribution is 5.89. The van der Waals surface area contributed by atoms with Crippen molar-refractivity contribution in [3.05, 3.63) is 53.6 Å². The number of hydrogen-bond acceptors (Lipinski definition) is 5. The monoisotopic (exact) mass is 434 g/mol. The lowest BCUT2D eigenvalue weighted by molar-refractivity contribution is 0.0679. The van der Waals surface area contributed by atoms with Crippen LogP contribution in [0.5, 0.6) is 11.5 Å². The molecule has 0 aromatic heterocycles. The zero-order valence-electron chi connectivity index (χ0n) is 18.6. The van der Waals surface area contributed by atoms with E-state index in [0.29, 0.717) is 19.8 Å². The summed E-state index contributed by atoms with van der Waals surface area (Å²) in [6.07, 6.45) is 4.53. The van der Waals surface area contributed by atoms with E-state index in [1.165, 1.54) is 36.8 Å². The third-order valence-electron chi connectivity index (χ3n) is 7.73. The normalized spacial score (nSPS) is 26.3. The fraction of sp³-hybridized carbons (Fsp3) is 0.500. The molecule has 1 saturated carbocycles. The van der Waals surface area contributed by atoms with Crippen LogP contribution in [0.2, 0.25) is 0 Å². The molecule has 6 nitrogen and oxygen atoms in total. The lowest BCUT2D eigenvalue weighted by Gasteiger charge is -2.47. The molecule has 2 fully saturated rings. The molecule has 168 valence electrons. The van der Waals surface area contributed by atoms with Gasteiger partial charge in [0, 0.05) is 30.2 Å². The molecule has 3 heterocycles. The second-order valence-corrected chi connectivity index (χ2v) is 9.63. The van der Waals surface area contributed by atoms with Gasteiger partial charge >= 0.3 is 6.09 Å². The topological polar surface area (TPSA) is 51.2 Å². The molecule has 0 radical (unpaired) electrons. The summed E-state index contributed by atoms with van der Waals surface area (Å²) in [7, 11) is 0. The highest BCUT2D eigenvalue weighted by Crippen LogP contribution is 2.52. The van der Waals surface area contributed by atoms with Crippen LogP contribution in [0, 0.1) is 0 Å². The van der Waals surface area contributed by atoms with Crippen molar-refractivity contribution in [1.29, 1.82) is 0 Å². The smallest absolute Gasteiger partial charge is 0.414 e. The molecular weight excluding hydrogens is 404 g/mol. The minimum absolute atomic E-state index is 0.137. The van der Waals surface area contributed by atoms with Crippen LogP contribution >= 0.6 is 0 Å². The van der Waals surface area contributed by atoms with E-state index >= 15 is 0 Å². The quantitative estimate of drug-likeness (QED) is 0.703. The second-order valence-electron chi connectivity index (χ2n) is 9.63. The largest absolute Gasteiger partial charge is 0.486 e. The fourth-order valence-electron chi connectivity index (χ4n) is 6.12. The van der Waals surface area contributed by atoms with Crippen LogP contribution in [0.25, 0.3) is 0 Å². The number of carbonyl (C=O) groups excluding carboxylic acids is 1. The van der Waals surface area contributed by atoms with Gasteiger partial charge < -0.3 is 14.2 Å². The molecule has 2 unspecified atom stereocenters. The summed E-state index contributed by atoms with van der Waals surface area (Å²) in [4.78, 5) is 16.8. The van der Waals surface area contributed by atoms with Crippen molar-refractivity contribution in [3.8, 4) is 11.5 Å². The van der Waals surface area contributed by atoms with Crippen LogP contribution in [0.15, 0.2) is 42.5 Å². The first-order valence-corrected chi connectivity index (χ1v) is 11.8. The first-order valence-electron chi connectivity index (χ1n) is 11.8. The number of carbonyl (C=O) groups is 1. The van der Waals surface area contributed by atoms with Gasteiger partial charge in [0.25, 0.3) is 0 Å². The van der Waals surface area contributed by atoms with E-state index in [1.54, 1.807) is 4.90 Å². The molecule has 3 aliphatic heterocycles. The zero-order chi connectivity index (χ0) is 21.7. The van der Waals surface area contributed by atoms with E-state index in [0.717, 1.165) is 30.3 Å². The standard InChI is InChI=1S/C26H30N2O4/c1-18-21-13-23-24(31-12-11-30-23)14-22(21)26(9-5-6-10-26)17-27(18)15-20-16-28(25(29)32-20)19-7-3-2-4-8-19/h2-4,7-8,13-14,18,20H,5-6,9-12,15-17H2,1H3. The van der Waals surface area contributed by atoms with Crippen molar-refractivity contribution < 1.29 is 19.0 Å². The third-order valence-corrected chi connectivity index (χ3v) is 7.73.